The Bertz CT molecular complexity index is 2500. The number of H-pyrrole nitrogens is 1. The molecule has 1 aromatic rings. The number of urea groups is 3. The Labute approximate surface area is 480 Å². The molecule has 468 valence electrons. The lowest BCUT2D eigenvalue weighted by Crippen LogP contribution is -2.66. The topological polar surface area (TPSA) is 441 Å². The van der Waals surface area contributed by atoms with Crippen LogP contribution in [0.15, 0.2) is 26.8 Å². The fourth-order valence-electron chi connectivity index (χ4n) is 10.2. The van der Waals surface area contributed by atoms with Crippen LogP contribution >= 0.6 is 0 Å². The van der Waals surface area contributed by atoms with Crippen molar-refractivity contribution in [3.63, 3.8) is 0 Å². The number of carbonyl (C=O) groups is 7. The van der Waals surface area contributed by atoms with Gasteiger partial charge in [-0.15, -0.1) is 0 Å². The number of nitrogens with one attached hydrogen (secondary N) is 8. The summed E-state index contributed by atoms with van der Waals surface area (Å²) in [6.45, 7) is 9.99. The molecule has 31 heteroatoms. The van der Waals surface area contributed by atoms with Crippen molar-refractivity contribution in [2.75, 3.05) is 46.4 Å². The molecule has 15 atom stereocenters. The van der Waals surface area contributed by atoms with Crippen molar-refractivity contribution in [2.45, 2.75) is 197 Å². The molecule has 0 spiro atoms. The summed E-state index contributed by atoms with van der Waals surface area (Å²) in [6.07, 6.45) is -8.93. The predicted octanol–water partition coefficient (Wildman–Crippen LogP) is -2.80. The number of ether oxygens (including phenoxy) is 4. The highest BCUT2D eigenvalue weighted by Crippen LogP contribution is 2.38. The molecule has 4 aliphatic rings. The van der Waals surface area contributed by atoms with Gasteiger partial charge in [-0.2, -0.15) is 0 Å². The van der Waals surface area contributed by atoms with Crippen LogP contribution < -0.4 is 54.2 Å². The summed E-state index contributed by atoms with van der Waals surface area (Å²) < 4.78 is 25.3. The van der Waals surface area contributed by atoms with Gasteiger partial charge in [0.25, 0.3) is 11.5 Å². The summed E-state index contributed by atoms with van der Waals surface area (Å²) in [5.41, 5.74) is 4.13. The second-order valence-corrected chi connectivity index (χ2v) is 21.8. The fraction of sp³-hybridized carbons (Fsp3) is 0.769. The van der Waals surface area contributed by atoms with Gasteiger partial charge in [-0.3, -0.25) is 38.6 Å². The Morgan fingerprint density at radius 1 is 0.807 bits per heavy atom. The average Bonchev–Trinajstić information content (AvgIpc) is 2.31. The fourth-order valence-corrected chi connectivity index (χ4v) is 10.2. The van der Waals surface area contributed by atoms with E-state index in [1.807, 2.05) is 6.92 Å². The van der Waals surface area contributed by atoms with E-state index < -0.39 is 156 Å². The summed E-state index contributed by atoms with van der Waals surface area (Å²) in [7, 11) is 1.24. The molecule has 0 aliphatic carbocycles. The number of guanidine groups is 1. The van der Waals surface area contributed by atoms with Crippen LogP contribution in [0.4, 0.5) is 14.4 Å². The highest BCUT2D eigenvalue weighted by Gasteiger charge is 2.59. The standard InChI is InChI=1S/C52H87N13O18/c1-8-10-12-14-19-56-49(76)57-25-29-36(68)41(80-7)47(81-29)83-39(40-37(69)38(70)45(82-40)65-24-18-30(66)59-51(65)78)34-44(73)64(22-15-13-11-9-2)52(79)63(34)23-16-20-54-42(71)33(35(67)27(5)6)60-43(72)32(28-17-21-55-48(53)58-28)62-50(77)61-31(26(3)4)46(74)75/h18,24,26-29,31-41,45,47,67-70H,8-17,19-23,25H2,1-7H3,(H,54,71)(H,60,72)(H,74,75)(H3,53,55,58)(H2,56,57,76)(H,59,66,78)(H2,61,62,77)/t28?,29-,31?,32?,33?,34?,35?,36-,37+,38-,39?,40+,41-,45-,47?/m1/s1. The third kappa shape index (κ3) is 17.8. The molecule has 8 unspecified atom stereocenters. The number of unbranched alkanes of at least 4 members (excludes halogenated alkanes) is 6. The zero-order chi connectivity index (χ0) is 61.2. The number of aliphatic imine (C=N–C) groups is 1. The lowest BCUT2D eigenvalue weighted by atomic mass is 9.97. The zero-order valence-corrected chi connectivity index (χ0v) is 48.2. The number of aromatic nitrogens is 2. The van der Waals surface area contributed by atoms with Crippen molar-refractivity contribution in [1.29, 1.82) is 0 Å². The van der Waals surface area contributed by atoms with Gasteiger partial charge in [0.2, 0.25) is 11.8 Å². The SMILES string of the molecule is CCCCCCNC(=O)NC[C@H]1OC(OC(C2C(=O)N(CCCCCC)C(=O)N2CCCNC(=O)C(NC(=O)C(NC(=O)NC(C(=O)O)C(C)C)C2CCN=C(N)N2)C(O)C(C)C)[C@H]2O[C@@H](n3ccc(=O)[nH]c3=O)[C@H](O)[C@@H]2O)[C@H](OC)[C@@H]1O. The van der Waals surface area contributed by atoms with Gasteiger partial charge < -0.3 is 92.3 Å². The maximum atomic E-state index is 14.9. The van der Waals surface area contributed by atoms with Crippen LogP contribution in [0.25, 0.3) is 0 Å². The van der Waals surface area contributed by atoms with E-state index in [9.17, 15) is 68.7 Å². The van der Waals surface area contributed by atoms with E-state index >= 15 is 0 Å². The van der Waals surface area contributed by atoms with Gasteiger partial charge in [0.1, 0.15) is 66.9 Å². The van der Waals surface area contributed by atoms with Crippen molar-refractivity contribution < 1.29 is 78.0 Å². The Balaban J connectivity index is 1.43. The number of carboxylic acid groups (broad SMARTS) is 1. The van der Waals surface area contributed by atoms with Gasteiger partial charge >= 0.3 is 29.8 Å². The van der Waals surface area contributed by atoms with Gasteiger partial charge in [-0.1, -0.05) is 80.1 Å². The molecule has 1 aromatic heterocycles. The molecule has 9 amide bonds. The molecule has 3 saturated heterocycles. The van der Waals surface area contributed by atoms with Crippen molar-refractivity contribution >= 4 is 47.7 Å². The Kier molecular flexibility index (Phi) is 25.9. The van der Waals surface area contributed by atoms with Crippen LogP contribution in [0.1, 0.15) is 112 Å². The number of amides is 9. The lowest BCUT2D eigenvalue weighted by Gasteiger charge is -2.36. The first kappa shape index (κ1) is 67.3. The maximum Gasteiger partial charge on any atom is 0.330 e. The van der Waals surface area contributed by atoms with Gasteiger partial charge in [0.05, 0.1) is 12.1 Å². The molecule has 4 aliphatic heterocycles. The molecule has 5 rings (SSSR count). The van der Waals surface area contributed by atoms with Crippen LogP contribution in [0.5, 0.6) is 0 Å². The normalized spacial score (nSPS) is 26.2. The van der Waals surface area contributed by atoms with Gasteiger partial charge in [0.15, 0.2) is 18.5 Å². The Morgan fingerprint density at radius 2 is 1.49 bits per heavy atom. The minimum Gasteiger partial charge on any atom is -0.480 e. The van der Waals surface area contributed by atoms with Crippen LogP contribution in [-0.4, -0.2) is 224 Å². The summed E-state index contributed by atoms with van der Waals surface area (Å²) in [4.78, 5) is 129. The second kappa shape index (κ2) is 32.0. The molecular weight excluding hydrogens is 1090 g/mol. The predicted molar refractivity (Wildman–Crippen MR) is 295 cm³/mol. The monoisotopic (exact) mass is 1180 g/mol. The van der Waals surface area contributed by atoms with E-state index in [1.54, 1.807) is 27.7 Å². The first-order valence-electron chi connectivity index (χ1n) is 28.6. The van der Waals surface area contributed by atoms with Crippen molar-refractivity contribution in [2.24, 2.45) is 22.6 Å². The number of nitrogens with two attached hydrogens (primary N) is 1. The first-order chi connectivity index (χ1) is 39.4. The summed E-state index contributed by atoms with van der Waals surface area (Å²) >= 11 is 0. The smallest absolute Gasteiger partial charge is 0.330 e. The van der Waals surface area contributed by atoms with E-state index in [4.69, 9.17) is 24.7 Å². The second-order valence-electron chi connectivity index (χ2n) is 21.8. The molecule has 0 bridgehead atoms. The van der Waals surface area contributed by atoms with E-state index in [0.717, 1.165) is 65.2 Å². The number of rotatable bonds is 32. The molecule has 0 aromatic carbocycles. The molecule has 0 saturated carbocycles. The number of methoxy groups -OCH3 is 1. The zero-order valence-electron chi connectivity index (χ0n) is 48.2. The molecule has 15 N–H and O–H groups in total. The highest BCUT2D eigenvalue weighted by molar-refractivity contribution is 6.04. The molecular formula is C52H87N13O18. The molecule has 3 fully saturated rings. The third-order valence-corrected chi connectivity index (χ3v) is 15.0. The van der Waals surface area contributed by atoms with Gasteiger partial charge in [-0.05, 0) is 37.5 Å². The molecule has 83 heavy (non-hydrogen) atoms. The summed E-state index contributed by atoms with van der Waals surface area (Å²) in [6, 6.07) is -8.52. The number of aliphatic hydroxyl groups excluding tert-OH is 4. The molecule has 0 radical (unpaired) electrons. The van der Waals surface area contributed by atoms with E-state index in [0.29, 0.717) is 19.4 Å². The molecule has 5 heterocycles. The largest absolute Gasteiger partial charge is 0.480 e. The Hall–Kier alpha value is -6.48. The number of carbonyl (C=O) groups excluding carboxylic acids is 6. The number of aliphatic carboxylic acids is 1. The summed E-state index contributed by atoms with van der Waals surface area (Å²) in [5, 5.41) is 74.2. The van der Waals surface area contributed by atoms with Crippen LogP contribution in [0.2, 0.25) is 0 Å². The van der Waals surface area contributed by atoms with Crippen LogP contribution in [0.3, 0.4) is 0 Å². The van der Waals surface area contributed by atoms with E-state index in [2.05, 4.69) is 54.1 Å². The van der Waals surface area contributed by atoms with Gasteiger partial charge in [-0.25, -0.2) is 24.0 Å². The van der Waals surface area contributed by atoms with Crippen LogP contribution in [0, 0.1) is 11.8 Å². The third-order valence-electron chi connectivity index (χ3n) is 15.0. The number of nitrogens with zero attached hydrogens (tertiary/aromatic N) is 4. The van der Waals surface area contributed by atoms with Crippen LogP contribution in [-0.2, 0) is 38.1 Å². The molecule has 31 nitrogen and oxygen atoms in total. The van der Waals surface area contributed by atoms with Crippen molar-refractivity contribution in [3.05, 3.63) is 33.1 Å². The van der Waals surface area contributed by atoms with Crippen molar-refractivity contribution in [1.82, 2.24) is 56.6 Å². The summed E-state index contributed by atoms with van der Waals surface area (Å²) in [5.74, 6) is -5.25. The maximum absolute atomic E-state index is 14.9. The highest BCUT2D eigenvalue weighted by atomic mass is 16.7. The number of hydrogen-bond acceptors (Lipinski definition) is 20. The van der Waals surface area contributed by atoms with Gasteiger partial charge in [0, 0.05) is 58.6 Å². The minimum absolute atomic E-state index is 0.0465. The number of imide groups is 1. The number of hydrogen-bond donors (Lipinski definition) is 14. The first-order valence-corrected chi connectivity index (χ1v) is 28.6. The Morgan fingerprint density at radius 3 is 2.12 bits per heavy atom. The van der Waals surface area contributed by atoms with E-state index in [-0.39, 0.29) is 51.5 Å². The quantitative estimate of drug-likeness (QED) is 0.0256. The average molecular weight is 1180 g/mol. The number of carboxylic acids is 1. The lowest BCUT2D eigenvalue weighted by molar-refractivity contribution is -0.233. The number of aromatic amines is 1. The number of aliphatic hydroxyl groups is 4. The minimum atomic E-state index is -1.97. The van der Waals surface area contributed by atoms with E-state index in [1.165, 1.54) is 7.11 Å². The van der Waals surface area contributed by atoms with Crippen molar-refractivity contribution in [3.8, 4) is 0 Å².